The summed E-state index contributed by atoms with van der Waals surface area (Å²) in [5.41, 5.74) is 7.41. The van der Waals surface area contributed by atoms with Crippen LogP contribution >= 0.6 is 0 Å². The Hall–Kier alpha value is -3.41. The quantitative estimate of drug-likeness (QED) is 0.268. The zero-order chi connectivity index (χ0) is 18.2. The molecule has 2 aromatic carbocycles. The van der Waals surface area contributed by atoms with Gasteiger partial charge < -0.3 is 21.0 Å². The van der Waals surface area contributed by atoms with Crippen LogP contribution in [0.4, 0.5) is 5.69 Å². The summed E-state index contributed by atoms with van der Waals surface area (Å²) in [6.07, 6.45) is 2.31. The monoisotopic (exact) mass is 337 g/mol. The molecular formula is C19H19N3O3. The molecule has 25 heavy (non-hydrogen) atoms. The molecule has 0 saturated heterocycles. The van der Waals surface area contributed by atoms with Gasteiger partial charge in [0.2, 0.25) is 0 Å². The number of rotatable bonds is 7. The molecule has 1 atom stereocenters. The van der Waals surface area contributed by atoms with Crippen LogP contribution < -0.4 is 11.1 Å². The molecule has 1 unspecified atom stereocenters. The molecule has 0 fully saturated rings. The first-order chi connectivity index (χ1) is 12.0. The van der Waals surface area contributed by atoms with Crippen molar-refractivity contribution in [1.29, 1.82) is 5.41 Å². The van der Waals surface area contributed by atoms with Crippen LogP contribution in [0.5, 0.6) is 0 Å². The van der Waals surface area contributed by atoms with Gasteiger partial charge in [-0.2, -0.15) is 0 Å². The van der Waals surface area contributed by atoms with E-state index in [4.69, 9.17) is 11.1 Å². The first-order valence-corrected chi connectivity index (χ1v) is 7.66. The maximum absolute atomic E-state index is 11.8. The maximum Gasteiger partial charge on any atom is 0.332 e. The van der Waals surface area contributed by atoms with E-state index in [-0.39, 0.29) is 18.0 Å². The Morgan fingerprint density at radius 3 is 2.52 bits per heavy atom. The fourth-order valence-electron chi connectivity index (χ4n) is 2.57. The highest BCUT2D eigenvalue weighted by atomic mass is 16.4. The van der Waals surface area contributed by atoms with Crippen LogP contribution in [0, 0.1) is 5.41 Å². The van der Waals surface area contributed by atoms with Gasteiger partial charge in [0.25, 0.3) is 0 Å². The molecule has 0 radical (unpaired) electrons. The number of hydrogen-bond donors (Lipinski definition) is 4. The van der Waals surface area contributed by atoms with E-state index in [1.807, 2.05) is 18.2 Å². The summed E-state index contributed by atoms with van der Waals surface area (Å²) in [6, 6.07) is 16.0. The average molecular weight is 337 g/mol. The van der Waals surface area contributed by atoms with Crippen molar-refractivity contribution in [2.24, 2.45) is 5.73 Å². The number of carbonyl (C=O) groups excluding carboxylic acids is 1. The molecule has 0 aliphatic carbocycles. The highest BCUT2D eigenvalue weighted by Crippen LogP contribution is 2.30. The van der Waals surface area contributed by atoms with Gasteiger partial charge in [0.15, 0.2) is 5.96 Å². The van der Waals surface area contributed by atoms with Crippen LogP contribution in [0.25, 0.3) is 6.08 Å². The van der Waals surface area contributed by atoms with E-state index >= 15 is 0 Å². The molecule has 128 valence electrons. The molecule has 2 rings (SSSR count). The Balaban J connectivity index is 2.47. The fourth-order valence-corrected chi connectivity index (χ4v) is 2.57. The van der Waals surface area contributed by atoms with Gasteiger partial charge in [-0.3, -0.25) is 5.41 Å². The lowest BCUT2D eigenvalue weighted by Gasteiger charge is -2.17. The first kappa shape index (κ1) is 17.9. The lowest BCUT2D eigenvalue weighted by Crippen LogP contribution is -2.20. The highest BCUT2D eigenvalue weighted by Gasteiger charge is 2.22. The molecule has 5 N–H and O–H groups in total. The van der Waals surface area contributed by atoms with E-state index in [0.717, 1.165) is 5.56 Å². The second-order valence-electron chi connectivity index (χ2n) is 5.43. The molecule has 0 heterocycles. The SMILES string of the molecule is N=C(N)Nc1cccc(C(CC=O)C(=Cc2ccccc2)C(=O)O)c1. The van der Waals surface area contributed by atoms with Crippen molar-refractivity contribution in [1.82, 2.24) is 0 Å². The second kappa shape index (κ2) is 8.44. The molecule has 0 spiro atoms. The molecule has 0 bridgehead atoms. The summed E-state index contributed by atoms with van der Waals surface area (Å²) in [6.45, 7) is 0. The number of carboxylic acids is 1. The van der Waals surface area contributed by atoms with Gasteiger partial charge in [-0.25, -0.2) is 4.79 Å². The van der Waals surface area contributed by atoms with E-state index in [0.29, 0.717) is 17.5 Å². The Morgan fingerprint density at radius 2 is 1.92 bits per heavy atom. The van der Waals surface area contributed by atoms with Crippen molar-refractivity contribution in [3.05, 3.63) is 71.3 Å². The normalized spacial score (nSPS) is 12.2. The summed E-state index contributed by atoms with van der Waals surface area (Å²) >= 11 is 0. The lowest BCUT2D eigenvalue weighted by molar-refractivity contribution is -0.132. The van der Waals surface area contributed by atoms with E-state index in [1.54, 1.807) is 42.5 Å². The Morgan fingerprint density at radius 1 is 1.20 bits per heavy atom. The van der Waals surface area contributed by atoms with E-state index < -0.39 is 11.9 Å². The van der Waals surface area contributed by atoms with Crippen molar-refractivity contribution in [2.75, 3.05) is 5.32 Å². The zero-order valence-corrected chi connectivity index (χ0v) is 13.5. The number of anilines is 1. The minimum absolute atomic E-state index is 0.0362. The Kier molecular flexibility index (Phi) is 6.06. The second-order valence-corrected chi connectivity index (χ2v) is 5.43. The minimum atomic E-state index is -1.08. The summed E-state index contributed by atoms with van der Waals surface area (Å²) < 4.78 is 0. The van der Waals surface area contributed by atoms with Crippen molar-refractivity contribution < 1.29 is 14.7 Å². The number of hydrogen-bond acceptors (Lipinski definition) is 3. The molecule has 0 aliphatic heterocycles. The van der Waals surface area contributed by atoms with Gasteiger partial charge in [-0.15, -0.1) is 0 Å². The van der Waals surface area contributed by atoms with Crippen LogP contribution in [0.15, 0.2) is 60.2 Å². The fraction of sp³-hybridized carbons (Fsp3) is 0.105. The number of nitrogens with one attached hydrogen (secondary N) is 2. The van der Waals surface area contributed by atoms with Crippen molar-refractivity contribution >= 4 is 30.0 Å². The van der Waals surface area contributed by atoms with Crippen molar-refractivity contribution in [3.8, 4) is 0 Å². The molecule has 6 nitrogen and oxygen atoms in total. The van der Waals surface area contributed by atoms with Gasteiger partial charge in [0.1, 0.15) is 6.29 Å². The third kappa shape index (κ3) is 5.04. The lowest BCUT2D eigenvalue weighted by atomic mass is 9.87. The number of aldehydes is 1. The number of nitrogens with two attached hydrogens (primary N) is 1. The number of aliphatic carboxylic acids is 1. The molecule has 2 aromatic rings. The summed E-state index contributed by atoms with van der Waals surface area (Å²) in [4.78, 5) is 22.9. The van der Waals surface area contributed by atoms with Crippen LogP contribution in [-0.2, 0) is 9.59 Å². The van der Waals surface area contributed by atoms with Crippen LogP contribution in [0.2, 0.25) is 0 Å². The van der Waals surface area contributed by atoms with E-state index in [9.17, 15) is 14.7 Å². The van der Waals surface area contributed by atoms with Crippen LogP contribution in [-0.4, -0.2) is 23.3 Å². The molecule has 0 aromatic heterocycles. The van der Waals surface area contributed by atoms with Gasteiger partial charge >= 0.3 is 5.97 Å². The van der Waals surface area contributed by atoms with Gasteiger partial charge in [0, 0.05) is 23.6 Å². The number of carbonyl (C=O) groups is 2. The summed E-state index contributed by atoms with van der Waals surface area (Å²) in [5.74, 6) is -1.91. The zero-order valence-electron chi connectivity index (χ0n) is 13.5. The van der Waals surface area contributed by atoms with E-state index in [1.165, 1.54) is 0 Å². The number of guanidine groups is 1. The topological polar surface area (TPSA) is 116 Å². The minimum Gasteiger partial charge on any atom is -0.478 e. The largest absolute Gasteiger partial charge is 0.478 e. The Labute approximate surface area is 145 Å². The van der Waals surface area contributed by atoms with Crippen LogP contribution in [0.3, 0.4) is 0 Å². The van der Waals surface area contributed by atoms with Gasteiger partial charge in [-0.1, -0.05) is 42.5 Å². The van der Waals surface area contributed by atoms with Crippen molar-refractivity contribution in [2.45, 2.75) is 12.3 Å². The highest BCUT2D eigenvalue weighted by molar-refractivity contribution is 5.95. The smallest absolute Gasteiger partial charge is 0.332 e. The number of benzene rings is 2. The molecule has 0 aliphatic rings. The third-order valence-electron chi connectivity index (χ3n) is 3.64. The van der Waals surface area contributed by atoms with Crippen LogP contribution in [0.1, 0.15) is 23.5 Å². The summed E-state index contributed by atoms with van der Waals surface area (Å²) in [5, 5.41) is 19.6. The first-order valence-electron chi connectivity index (χ1n) is 7.66. The number of carboxylic acid groups (broad SMARTS) is 1. The standard InChI is InChI=1S/C19H19N3O3/c20-19(21)22-15-8-4-7-14(12-15)16(9-10-23)17(18(24)25)11-13-5-2-1-3-6-13/h1-8,10-12,16H,9H2,(H,24,25)(H4,20,21,22). The molecule has 0 amide bonds. The van der Waals surface area contributed by atoms with Gasteiger partial charge in [0.05, 0.1) is 0 Å². The summed E-state index contributed by atoms with van der Waals surface area (Å²) in [7, 11) is 0. The molecular weight excluding hydrogens is 318 g/mol. The predicted molar refractivity (Wildman–Crippen MR) is 97.5 cm³/mol. The molecule has 0 saturated carbocycles. The predicted octanol–water partition coefficient (Wildman–Crippen LogP) is 2.83. The van der Waals surface area contributed by atoms with E-state index in [2.05, 4.69) is 5.32 Å². The van der Waals surface area contributed by atoms with Crippen molar-refractivity contribution in [3.63, 3.8) is 0 Å². The average Bonchev–Trinajstić information content (AvgIpc) is 2.58. The maximum atomic E-state index is 11.8. The van der Waals surface area contributed by atoms with Gasteiger partial charge in [-0.05, 0) is 29.3 Å². The molecule has 6 heteroatoms. The third-order valence-corrected chi connectivity index (χ3v) is 3.64. The Bertz CT molecular complexity index is 801.